The Labute approximate surface area is 250 Å². The van der Waals surface area contributed by atoms with Gasteiger partial charge in [0, 0.05) is 17.9 Å². The molecule has 4 aliphatic carbocycles. The molecule has 6 atom stereocenters. The number of carboxylic acids is 1. The molecule has 2 fully saturated rings. The van der Waals surface area contributed by atoms with Crippen molar-refractivity contribution in [3.63, 3.8) is 0 Å². The van der Waals surface area contributed by atoms with Crippen molar-refractivity contribution in [1.82, 2.24) is 15.0 Å². The van der Waals surface area contributed by atoms with Crippen LogP contribution in [0.25, 0.3) is 0 Å². The summed E-state index contributed by atoms with van der Waals surface area (Å²) in [6.07, 6.45) is 11.9. The van der Waals surface area contributed by atoms with Crippen molar-refractivity contribution in [3.8, 4) is 6.07 Å². The van der Waals surface area contributed by atoms with Gasteiger partial charge in [0.2, 0.25) is 0 Å². The van der Waals surface area contributed by atoms with Crippen molar-refractivity contribution in [3.05, 3.63) is 34.9 Å². The van der Waals surface area contributed by atoms with E-state index in [-0.39, 0.29) is 50.7 Å². The van der Waals surface area contributed by atoms with Gasteiger partial charge in [0.1, 0.15) is 5.76 Å². The zero-order valence-corrected chi connectivity index (χ0v) is 26.5. The van der Waals surface area contributed by atoms with Crippen LogP contribution >= 0.6 is 0 Å². The highest BCUT2D eigenvalue weighted by Crippen LogP contribution is 2.73. The lowest BCUT2D eigenvalue weighted by Crippen LogP contribution is -2.61. The molecule has 228 valence electrons. The fraction of sp³-hybridized carbons (Fsp3) is 0.735. The summed E-state index contributed by atoms with van der Waals surface area (Å²) in [5.74, 6) is -0.133. The number of hydrogen-bond acceptors (Lipinski definition) is 6. The Morgan fingerprint density at radius 2 is 1.90 bits per heavy atom. The number of aryl methyl sites for hydroxylation is 1. The van der Waals surface area contributed by atoms with Gasteiger partial charge in [-0.15, -0.1) is 5.10 Å². The minimum absolute atomic E-state index is 0.0192. The van der Waals surface area contributed by atoms with E-state index in [1.54, 1.807) is 4.68 Å². The van der Waals surface area contributed by atoms with Crippen molar-refractivity contribution < 1.29 is 19.8 Å². The number of carboxylic acid groups (broad SMARTS) is 1. The molecule has 0 bridgehead atoms. The maximum atomic E-state index is 14.3. The van der Waals surface area contributed by atoms with E-state index in [2.05, 4.69) is 64.8 Å². The fourth-order valence-corrected chi connectivity index (χ4v) is 10.3. The highest BCUT2D eigenvalue weighted by atomic mass is 16.4. The van der Waals surface area contributed by atoms with E-state index >= 15 is 0 Å². The molecule has 1 aromatic rings. The zero-order chi connectivity index (χ0) is 30.9. The second-order valence-corrected chi connectivity index (χ2v) is 15.8. The number of hydrogen-bond donors (Lipinski definition) is 2. The Kier molecular flexibility index (Phi) is 7.31. The number of carbonyl (C=O) groups excluding carboxylic acids is 1. The summed E-state index contributed by atoms with van der Waals surface area (Å²) >= 11 is 0. The quantitative estimate of drug-likeness (QED) is 0.348. The molecule has 1 heterocycles. The van der Waals surface area contributed by atoms with Gasteiger partial charge in [-0.25, -0.2) is 4.79 Å². The fourth-order valence-electron chi connectivity index (χ4n) is 10.3. The van der Waals surface area contributed by atoms with E-state index in [9.17, 15) is 20.0 Å². The van der Waals surface area contributed by atoms with E-state index in [0.717, 1.165) is 51.4 Å². The summed E-state index contributed by atoms with van der Waals surface area (Å²) in [6, 6.07) is 2.30. The van der Waals surface area contributed by atoms with Gasteiger partial charge >= 0.3 is 5.97 Å². The Balaban J connectivity index is 1.40. The van der Waals surface area contributed by atoms with E-state index in [0.29, 0.717) is 24.5 Å². The average Bonchev–Trinajstić information content (AvgIpc) is 3.37. The SMILES string of the molecule is CC(C)(CCCn1cc(C(=O)O)nn1)C[C@@H]1CCC[C@]2(C)[C@@H]1C(=O)C=C1[C@@]3(C)CC(C#N)=C(O)C(C)(C)[C@@H]3CC[C@]12C. The third-order valence-electron chi connectivity index (χ3n) is 12.5. The van der Waals surface area contributed by atoms with Crippen LogP contribution in [0.4, 0.5) is 0 Å². The number of nitrogens with zero attached hydrogens (tertiary/aromatic N) is 4. The molecule has 0 unspecified atom stereocenters. The molecule has 0 aliphatic heterocycles. The predicted molar refractivity (Wildman–Crippen MR) is 159 cm³/mol. The average molecular weight is 577 g/mol. The first-order valence-corrected chi connectivity index (χ1v) is 15.7. The molecule has 4 aliphatic rings. The smallest absolute Gasteiger partial charge is 0.358 e. The van der Waals surface area contributed by atoms with Gasteiger partial charge in [-0.1, -0.05) is 65.7 Å². The number of rotatable bonds is 7. The maximum Gasteiger partial charge on any atom is 0.358 e. The van der Waals surface area contributed by atoms with Crippen LogP contribution in [0, 0.1) is 56.2 Å². The summed E-state index contributed by atoms with van der Waals surface area (Å²) in [5.41, 5.74) is 0.518. The normalized spacial score (nSPS) is 35.9. The van der Waals surface area contributed by atoms with Gasteiger partial charge in [0.15, 0.2) is 11.5 Å². The largest absolute Gasteiger partial charge is 0.511 e. The number of aliphatic hydroxyl groups excluding tert-OH is 1. The lowest BCUT2D eigenvalue weighted by molar-refractivity contribution is -0.146. The predicted octanol–water partition coefficient (Wildman–Crippen LogP) is 7.29. The Morgan fingerprint density at radius 3 is 2.55 bits per heavy atom. The van der Waals surface area contributed by atoms with Crippen molar-refractivity contribution in [2.24, 2.45) is 44.8 Å². The van der Waals surface area contributed by atoms with E-state index in [1.807, 2.05) is 6.08 Å². The highest BCUT2D eigenvalue weighted by Gasteiger charge is 2.66. The molecule has 0 aromatic carbocycles. The first-order valence-electron chi connectivity index (χ1n) is 15.7. The molecule has 8 nitrogen and oxygen atoms in total. The molecule has 8 heteroatoms. The number of aromatic nitrogens is 3. The standard InChI is InChI=1S/C34H48N4O4/c1-30(2,12-9-15-38-20-23(29(41)42)36-37-38)17-21-10-8-13-34(7)27(21)24(39)16-26-32(5)18-22(19-35)28(40)31(3,4)25(32)11-14-33(26,34)6/h16,20-21,25,27,40H,8-15,17-18H2,1-7H3,(H,41,42)/t21-,25-,27-,32-,33+,34+/m0/s1. The Bertz CT molecular complexity index is 1400. The van der Waals surface area contributed by atoms with Crippen LogP contribution in [0.15, 0.2) is 29.2 Å². The molecule has 0 saturated heterocycles. The lowest BCUT2D eigenvalue weighted by Gasteiger charge is -2.67. The minimum atomic E-state index is -1.07. The van der Waals surface area contributed by atoms with Crippen LogP contribution in [-0.4, -0.2) is 37.0 Å². The van der Waals surface area contributed by atoms with Crippen LogP contribution in [0.1, 0.15) is 117 Å². The Morgan fingerprint density at radius 1 is 1.19 bits per heavy atom. The molecule has 42 heavy (non-hydrogen) atoms. The number of nitriles is 1. The van der Waals surface area contributed by atoms with Crippen molar-refractivity contribution in [2.75, 3.05) is 0 Å². The highest BCUT2D eigenvalue weighted by molar-refractivity contribution is 5.95. The third-order valence-corrected chi connectivity index (χ3v) is 12.5. The maximum absolute atomic E-state index is 14.3. The molecule has 0 amide bonds. The molecule has 0 radical (unpaired) electrons. The molecule has 1 aromatic heterocycles. The molecular formula is C34H48N4O4. The second kappa shape index (κ2) is 10.1. The first kappa shape index (κ1) is 30.5. The first-order chi connectivity index (χ1) is 19.5. The van der Waals surface area contributed by atoms with E-state index in [4.69, 9.17) is 5.11 Å². The number of carbonyl (C=O) groups is 2. The van der Waals surface area contributed by atoms with Gasteiger partial charge in [0.05, 0.1) is 17.8 Å². The van der Waals surface area contributed by atoms with E-state index < -0.39 is 11.4 Å². The van der Waals surface area contributed by atoms with E-state index in [1.165, 1.54) is 11.8 Å². The van der Waals surface area contributed by atoms with Crippen molar-refractivity contribution >= 4 is 11.8 Å². The summed E-state index contributed by atoms with van der Waals surface area (Å²) < 4.78 is 1.60. The summed E-state index contributed by atoms with van der Waals surface area (Å²) in [7, 11) is 0. The Hall–Kier alpha value is -2.95. The molecule has 0 spiro atoms. The number of aromatic carboxylic acids is 1. The van der Waals surface area contributed by atoms with Gasteiger partial charge in [-0.2, -0.15) is 5.26 Å². The number of fused-ring (bicyclic) bond motifs is 5. The monoisotopic (exact) mass is 576 g/mol. The topological polar surface area (TPSA) is 129 Å². The van der Waals surface area contributed by atoms with Gasteiger partial charge in [-0.3, -0.25) is 9.48 Å². The second-order valence-electron chi connectivity index (χ2n) is 15.8. The van der Waals surface area contributed by atoms with Crippen LogP contribution in [0.5, 0.6) is 0 Å². The zero-order valence-electron chi connectivity index (χ0n) is 26.5. The van der Waals surface area contributed by atoms with Gasteiger partial charge < -0.3 is 10.2 Å². The van der Waals surface area contributed by atoms with Crippen LogP contribution in [0.3, 0.4) is 0 Å². The molecule has 5 rings (SSSR count). The van der Waals surface area contributed by atoms with Gasteiger partial charge in [0.25, 0.3) is 0 Å². The van der Waals surface area contributed by atoms with Gasteiger partial charge in [-0.05, 0) is 90.9 Å². The number of allylic oxidation sites excluding steroid dienone is 4. The van der Waals surface area contributed by atoms with Crippen molar-refractivity contribution in [2.45, 2.75) is 113 Å². The number of ketones is 1. The van der Waals surface area contributed by atoms with Crippen molar-refractivity contribution in [1.29, 1.82) is 5.26 Å². The van der Waals surface area contributed by atoms with Crippen LogP contribution < -0.4 is 0 Å². The molecule has 2 saturated carbocycles. The summed E-state index contributed by atoms with van der Waals surface area (Å²) in [5, 5.41) is 37.8. The minimum Gasteiger partial charge on any atom is -0.511 e. The molecule has 2 N–H and O–H groups in total. The van der Waals surface area contributed by atoms with Crippen LogP contribution in [0.2, 0.25) is 0 Å². The number of aliphatic hydroxyl groups is 1. The summed E-state index contributed by atoms with van der Waals surface area (Å²) in [4.78, 5) is 25.4. The van der Waals surface area contributed by atoms with Crippen LogP contribution in [-0.2, 0) is 11.3 Å². The molecular weight excluding hydrogens is 528 g/mol. The third kappa shape index (κ3) is 4.53. The summed E-state index contributed by atoms with van der Waals surface area (Å²) in [6.45, 7) is 16.3. The lowest BCUT2D eigenvalue weighted by atomic mass is 9.36.